The van der Waals surface area contributed by atoms with Crippen LogP contribution in [-0.4, -0.2) is 33.6 Å². The molecule has 6 nitrogen and oxygen atoms in total. The standard InChI is InChI=1S/C20H23N3O3/c1-21-19(15-10-8-14(9-11-15)18(25)26-13-24)12-20(22-2,23-3)17-7-5-4-6-16(17)19/h4-11,13,21-23H,12H2,1-3H3. The van der Waals surface area contributed by atoms with Gasteiger partial charge in [0.15, 0.2) is 0 Å². The summed E-state index contributed by atoms with van der Waals surface area (Å²) in [5.74, 6) is -0.656. The molecule has 2 aromatic carbocycles. The van der Waals surface area contributed by atoms with Gasteiger partial charge < -0.3 is 10.1 Å². The Hall–Kier alpha value is -2.54. The number of hydrogen-bond donors (Lipinski definition) is 3. The van der Waals surface area contributed by atoms with Crippen molar-refractivity contribution in [3.8, 4) is 0 Å². The molecule has 6 heteroatoms. The van der Waals surface area contributed by atoms with Gasteiger partial charge in [0, 0.05) is 6.42 Å². The summed E-state index contributed by atoms with van der Waals surface area (Å²) in [7, 11) is 5.82. The zero-order chi connectivity index (χ0) is 18.8. The molecule has 0 heterocycles. The van der Waals surface area contributed by atoms with E-state index in [2.05, 4.69) is 32.8 Å². The van der Waals surface area contributed by atoms with Crippen LogP contribution < -0.4 is 16.0 Å². The van der Waals surface area contributed by atoms with E-state index in [9.17, 15) is 9.59 Å². The number of nitrogens with one attached hydrogen (secondary N) is 3. The maximum Gasteiger partial charge on any atom is 0.345 e. The van der Waals surface area contributed by atoms with Crippen molar-refractivity contribution in [2.45, 2.75) is 17.6 Å². The van der Waals surface area contributed by atoms with Crippen molar-refractivity contribution in [3.63, 3.8) is 0 Å². The molecule has 3 N–H and O–H groups in total. The number of carbonyl (C=O) groups excluding carboxylic acids is 2. The van der Waals surface area contributed by atoms with Crippen LogP contribution in [0.4, 0.5) is 0 Å². The molecule has 1 unspecified atom stereocenters. The molecule has 0 fully saturated rings. The molecule has 0 saturated heterocycles. The summed E-state index contributed by atoms with van der Waals surface area (Å²) in [6.45, 7) is 0.146. The summed E-state index contributed by atoms with van der Waals surface area (Å²) in [6.07, 6.45) is 0.751. The molecule has 0 aliphatic heterocycles. The Morgan fingerprint density at radius 2 is 1.58 bits per heavy atom. The van der Waals surface area contributed by atoms with Crippen LogP contribution >= 0.6 is 0 Å². The number of benzene rings is 2. The predicted octanol–water partition coefficient (Wildman–Crippen LogP) is 1.46. The second kappa shape index (κ2) is 6.99. The fraction of sp³-hybridized carbons (Fsp3) is 0.300. The second-order valence-corrected chi connectivity index (χ2v) is 6.36. The van der Waals surface area contributed by atoms with Crippen molar-refractivity contribution in [1.29, 1.82) is 0 Å². The number of hydrogen-bond acceptors (Lipinski definition) is 6. The lowest BCUT2D eigenvalue weighted by Gasteiger charge is -2.35. The third kappa shape index (κ3) is 2.63. The van der Waals surface area contributed by atoms with Crippen molar-refractivity contribution in [2.24, 2.45) is 0 Å². The first-order chi connectivity index (χ1) is 12.6. The molecule has 1 aliphatic rings. The maximum absolute atomic E-state index is 11.7. The van der Waals surface area contributed by atoms with Gasteiger partial charge >= 0.3 is 12.4 Å². The van der Waals surface area contributed by atoms with E-state index in [-0.39, 0.29) is 12.1 Å². The van der Waals surface area contributed by atoms with Crippen LogP contribution in [-0.2, 0) is 20.7 Å². The molecule has 1 atom stereocenters. The molecule has 0 saturated carbocycles. The van der Waals surface area contributed by atoms with Crippen LogP contribution in [0.15, 0.2) is 48.5 Å². The van der Waals surface area contributed by atoms with Crippen LogP contribution in [0, 0.1) is 0 Å². The summed E-state index contributed by atoms with van der Waals surface area (Å²) in [5.41, 5.74) is 2.94. The number of fused-ring (bicyclic) bond motifs is 1. The Bertz CT molecular complexity index is 815. The Morgan fingerprint density at radius 1 is 0.962 bits per heavy atom. The highest BCUT2D eigenvalue weighted by Crippen LogP contribution is 2.48. The molecular weight excluding hydrogens is 330 g/mol. The van der Waals surface area contributed by atoms with Gasteiger partial charge in [-0.25, -0.2) is 4.79 Å². The molecule has 26 heavy (non-hydrogen) atoms. The summed E-state index contributed by atoms with van der Waals surface area (Å²) in [5, 5.41) is 10.3. The van der Waals surface area contributed by atoms with E-state index >= 15 is 0 Å². The van der Waals surface area contributed by atoms with Crippen LogP contribution in [0.25, 0.3) is 0 Å². The molecule has 1 aliphatic carbocycles. The molecule has 0 spiro atoms. The Balaban J connectivity index is 2.10. The molecule has 0 amide bonds. The van der Waals surface area contributed by atoms with Crippen molar-refractivity contribution in [3.05, 3.63) is 70.8 Å². The van der Waals surface area contributed by atoms with Gasteiger partial charge in [-0.3, -0.25) is 15.4 Å². The molecule has 2 aromatic rings. The lowest BCUT2D eigenvalue weighted by atomic mass is 9.83. The second-order valence-electron chi connectivity index (χ2n) is 6.36. The van der Waals surface area contributed by atoms with E-state index in [0.717, 1.165) is 12.0 Å². The lowest BCUT2D eigenvalue weighted by molar-refractivity contribution is -0.123. The van der Waals surface area contributed by atoms with E-state index in [0.29, 0.717) is 5.56 Å². The number of carbonyl (C=O) groups is 2. The van der Waals surface area contributed by atoms with Gasteiger partial charge in [0.1, 0.15) is 0 Å². The normalized spacial score (nSPS) is 20.4. The van der Waals surface area contributed by atoms with Crippen molar-refractivity contribution in [2.75, 3.05) is 21.1 Å². The summed E-state index contributed by atoms with van der Waals surface area (Å²) in [6, 6.07) is 15.5. The molecule has 0 aromatic heterocycles. The minimum absolute atomic E-state index is 0.146. The minimum Gasteiger partial charge on any atom is -0.392 e. The molecule has 136 valence electrons. The summed E-state index contributed by atoms with van der Waals surface area (Å²) >= 11 is 0. The average molecular weight is 353 g/mol. The third-order valence-corrected chi connectivity index (χ3v) is 5.43. The van der Waals surface area contributed by atoms with Crippen LogP contribution in [0.3, 0.4) is 0 Å². The van der Waals surface area contributed by atoms with E-state index in [1.54, 1.807) is 12.1 Å². The third-order valence-electron chi connectivity index (χ3n) is 5.43. The summed E-state index contributed by atoms with van der Waals surface area (Å²) < 4.78 is 4.41. The van der Waals surface area contributed by atoms with Crippen molar-refractivity contribution < 1.29 is 14.3 Å². The van der Waals surface area contributed by atoms with Crippen molar-refractivity contribution >= 4 is 12.4 Å². The quantitative estimate of drug-likeness (QED) is 0.316. The highest BCUT2D eigenvalue weighted by atomic mass is 16.6. The van der Waals surface area contributed by atoms with Gasteiger partial charge in [0.05, 0.1) is 16.8 Å². The Morgan fingerprint density at radius 3 is 2.12 bits per heavy atom. The van der Waals surface area contributed by atoms with E-state index < -0.39 is 11.5 Å². The maximum atomic E-state index is 11.7. The monoisotopic (exact) mass is 353 g/mol. The number of ether oxygens (including phenoxy) is 1. The average Bonchev–Trinajstić information content (AvgIpc) is 3.00. The first-order valence-electron chi connectivity index (χ1n) is 8.49. The number of esters is 1. The smallest absolute Gasteiger partial charge is 0.345 e. The van der Waals surface area contributed by atoms with Gasteiger partial charge in [-0.1, -0.05) is 36.4 Å². The molecule has 0 bridgehead atoms. The first-order valence-corrected chi connectivity index (χ1v) is 8.49. The summed E-state index contributed by atoms with van der Waals surface area (Å²) in [4.78, 5) is 22.1. The van der Waals surface area contributed by atoms with Crippen molar-refractivity contribution in [1.82, 2.24) is 16.0 Å². The SMILES string of the molecule is CNC1(NC)CC(NC)(c2ccc(C(=O)OC=O)cc2)c2ccccc21. The van der Waals surface area contributed by atoms with Crippen LogP contribution in [0.5, 0.6) is 0 Å². The number of rotatable bonds is 6. The fourth-order valence-electron chi connectivity index (χ4n) is 4.01. The first kappa shape index (κ1) is 18.3. The molecular formula is C20H23N3O3. The molecule has 3 rings (SSSR count). The van der Waals surface area contributed by atoms with Gasteiger partial charge in [-0.2, -0.15) is 0 Å². The zero-order valence-electron chi connectivity index (χ0n) is 15.1. The highest BCUT2D eigenvalue weighted by molar-refractivity contribution is 5.93. The Labute approximate surface area is 152 Å². The largest absolute Gasteiger partial charge is 0.392 e. The van der Waals surface area contributed by atoms with Gasteiger partial charge in [0.25, 0.3) is 0 Å². The zero-order valence-corrected chi connectivity index (χ0v) is 15.1. The fourth-order valence-corrected chi connectivity index (χ4v) is 4.01. The topological polar surface area (TPSA) is 79.5 Å². The highest BCUT2D eigenvalue weighted by Gasteiger charge is 2.51. The molecule has 0 radical (unpaired) electrons. The van der Waals surface area contributed by atoms with Crippen LogP contribution in [0.1, 0.15) is 33.5 Å². The van der Waals surface area contributed by atoms with Gasteiger partial charge in [0.2, 0.25) is 0 Å². The van der Waals surface area contributed by atoms with E-state index in [1.165, 1.54) is 11.1 Å². The Kier molecular flexibility index (Phi) is 4.91. The minimum atomic E-state index is -0.656. The van der Waals surface area contributed by atoms with E-state index in [1.807, 2.05) is 45.4 Å². The van der Waals surface area contributed by atoms with Gasteiger partial charge in [-0.05, 0) is 50.0 Å². The predicted molar refractivity (Wildman–Crippen MR) is 98.6 cm³/mol. The van der Waals surface area contributed by atoms with Crippen LogP contribution in [0.2, 0.25) is 0 Å². The van der Waals surface area contributed by atoms with Gasteiger partial charge in [-0.15, -0.1) is 0 Å². The lowest BCUT2D eigenvalue weighted by Crippen LogP contribution is -2.52. The van der Waals surface area contributed by atoms with E-state index in [4.69, 9.17) is 0 Å².